The van der Waals surface area contributed by atoms with Gasteiger partial charge in [0.2, 0.25) is 0 Å². The second-order valence-corrected chi connectivity index (χ2v) is 4.08. The van der Waals surface area contributed by atoms with Crippen molar-refractivity contribution < 1.29 is 0 Å². The summed E-state index contributed by atoms with van der Waals surface area (Å²) < 4.78 is 2.34. The summed E-state index contributed by atoms with van der Waals surface area (Å²) in [7, 11) is 0. The van der Waals surface area contributed by atoms with E-state index in [1.807, 2.05) is 6.92 Å². The molecule has 2 rings (SSSR count). The molecule has 0 unspecified atom stereocenters. The van der Waals surface area contributed by atoms with Crippen LogP contribution in [0.3, 0.4) is 0 Å². The molecule has 3 nitrogen and oxygen atoms in total. The van der Waals surface area contributed by atoms with Crippen molar-refractivity contribution in [3.8, 4) is 0 Å². The van der Waals surface area contributed by atoms with Gasteiger partial charge in [0, 0.05) is 0 Å². The molecule has 13 heavy (non-hydrogen) atoms. The van der Waals surface area contributed by atoms with Crippen molar-refractivity contribution >= 4 is 44.8 Å². The van der Waals surface area contributed by atoms with E-state index in [1.165, 1.54) is 0 Å². The Balaban J connectivity index is 2.94. The van der Waals surface area contributed by atoms with Gasteiger partial charge in [-0.15, -0.1) is 0 Å². The average Bonchev–Trinajstić information content (AvgIpc) is 2.32. The molecular formula is C7H4BrCl2N3. The Labute approximate surface area is 92.8 Å². The molecule has 0 aromatic carbocycles. The minimum atomic E-state index is 0.343. The van der Waals surface area contributed by atoms with E-state index in [9.17, 15) is 0 Å². The quantitative estimate of drug-likeness (QED) is 0.742. The Kier molecular flexibility index (Phi) is 2.21. The summed E-state index contributed by atoms with van der Waals surface area (Å²) >= 11 is 15.0. The zero-order chi connectivity index (χ0) is 9.59. The van der Waals surface area contributed by atoms with Crippen LogP contribution in [0.15, 0.2) is 10.7 Å². The number of rotatable bonds is 0. The van der Waals surface area contributed by atoms with Gasteiger partial charge in [-0.1, -0.05) is 23.2 Å². The fourth-order valence-corrected chi connectivity index (χ4v) is 1.84. The molecule has 0 bridgehead atoms. The monoisotopic (exact) mass is 279 g/mol. The average molecular weight is 281 g/mol. The van der Waals surface area contributed by atoms with Crippen LogP contribution in [0.25, 0.3) is 5.65 Å². The Morgan fingerprint density at radius 3 is 2.85 bits per heavy atom. The van der Waals surface area contributed by atoms with Gasteiger partial charge < -0.3 is 0 Å². The molecule has 0 saturated carbocycles. The predicted molar refractivity (Wildman–Crippen MR) is 55.4 cm³/mol. The maximum Gasteiger partial charge on any atom is 0.174 e. The summed E-state index contributed by atoms with van der Waals surface area (Å²) in [5.74, 6) is 0. The van der Waals surface area contributed by atoms with Crippen molar-refractivity contribution in [3.63, 3.8) is 0 Å². The van der Waals surface area contributed by atoms with Crippen LogP contribution < -0.4 is 0 Å². The lowest BCUT2D eigenvalue weighted by Gasteiger charge is -1.96. The topological polar surface area (TPSA) is 30.2 Å². The largest absolute Gasteiger partial charge is 0.230 e. The summed E-state index contributed by atoms with van der Waals surface area (Å²) in [6, 6.07) is 1.57. The molecular weight excluding hydrogens is 277 g/mol. The molecule has 0 N–H and O–H groups in total. The zero-order valence-electron chi connectivity index (χ0n) is 6.55. The van der Waals surface area contributed by atoms with E-state index in [4.69, 9.17) is 23.2 Å². The van der Waals surface area contributed by atoms with E-state index >= 15 is 0 Å². The molecule has 0 amide bonds. The van der Waals surface area contributed by atoms with Gasteiger partial charge in [-0.05, 0) is 28.9 Å². The lowest BCUT2D eigenvalue weighted by atomic mass is 10.5. The Bertz CT molecular complexity index is 480. The molecule has 2 aromatic heterocycles. The Morgan fingerprint density at radius 2 is 2.15 bits per heavy atom. The maximum atomic E-state index is 5.92. The van der Waals surface area contributed by atoms with Crippen molar-refractivity contribution in [1.29, 1.82) is 0 Å². The summed E-state index contributed by atoms with van der Waals surface area (Å²) in [5, 5.41) is 4.88. The van der Waals surface area contributed by atoms with Gasteiger partial charge in [0.15, 0.2) is 10.8 Å². The molecule has 0 fully saturated rings. The SMILES string of the molecule is Cc1nc2c(Cl)cc(Cl)nn2c1Br. The van der Waals surface area contributed by atoms with Crippen molar-refractivity contribution in [2.24, 2.45) is 0 Å². The van der Waals surface area contributed by atoms with Crippen LogP contribution in [-0.2, 0) is 0 Å². The summed E-state index contributed by atoms with van der Waals surface area (Å²) in [6.45, 7) is 1.86. The fraction of sp³-hybridized carbons (Fsp3) is 0.143. The van der Waals surface area contributed by atoms with Crippen LogP contribution >= 0.6 is 39.1 Å². The lowest BCUT2D eigenvalue weighted by Crippen LogP contribution is -1.92. The number of nitrogens with zero attached hydrogens (tertiary/aromatic N) is 3. The molecule has 0 radical (unpaired) electrons. The molecule has 0 aliphatic carbocycles. The summed E-state index contributed by atoms with van der Waals surface area (Å²) in [6.07, 6.45) is 0. The third-order valence-corrected chi connectivity index (χ3v) is 2.99. The number of imidazole rings is 1. The van der Waals surface area contributed by atoms with Crippen LogP contribution in [0.5, 0.6) is 0 Å². The van der Waals surface area contributed by atoms with E-state index in [2.05, 4.69) is 26.0 Å². The number of hydrogen-bond acceptors (Lipinski definition) is 2. The highest BCUT2D eigenvalue weighted by atomic mass is 79.9. The number of aryl methyl sites for hydroxylation is 1. The van der Waals surface area contributed by atoms with Gasteiger partial charge in [0.05, 0.1) is 10.7 Å². The lowest BCUT2D eigenvalue weighted by molar-refractivity contribution is 0.913. The Hall–Kier alpha value is -0.320. The second kappa shape index (κ2) is 3.12. The molecule has 2 heterocycles. The van der Waals surface area contributed by atoms with Crippen LogP contribution in [0.2, 0.25) is 10.2 Å². The van der Waals surface area contributed by atoms with Crippen molar-refractivity contribution in [3.05, 3.63) is 26.5 Å². The van der Waals surface area contributed by atoms with Crippen LogP contribution in [0, 0.1) is 6.92 Å². The van der Waals surface area contributed by atoms with Gasteiger partial charge >= 0.3 is 0 Å². The molecule has 2 aromatic rings. The van der Waals surface area contributed by atoms with E-state index in [-0.39, 0.29) is 0 Å². The van der Waals surface area contributed by atoms with Gasteiger partial charge in [-0.25, -0.2) is 9.50 Å². The van der Waals surface area contributed by atoms with E-state index < -0.39 is 0 Å². The van der Waals surface area contributed by atoms with Gasteiger partial charge in [0.1, 0.15) is 4.60 Å². The molecule has 0 spiro atoms. The van der Waals surface area contributed by atoms with E-state index in [0.717, 1.165) is 10.3 Å². The summed E-state index contributed by atoms with van der Waals surface area (Å²) in [5.41, 5.74) is 1.44. The second-order valence-electron chi connectivity index (χ2n) is 2.54. The smallest absolute Gasteiger partial charge is 0.174 e. The van der Waals surface area contributed by atoms with Gasteiger partial charge in [-0.2, -0.15) is 5.10 Å². The van der Waals surface area contributed by atoms with Crippen LogP contribution in [0.1, 0.15) is 5.69 Å². The van der Waals surface area contributed by atoms with Crippen LogP contribution in [0.4, 0.5) is 0 Å². The fourth-order valence-electron chi connectivity index (χ4n) is 1.04. The number of fused-ring (bicyclic) bond motifs is 1. The first-order valence-electron chi connectivity index (χ1n) is 3.46. The van der Waals surface area contributed by atoms with E-state index in [0.29, 0.717) is 15.8 Å². The van der Waals surface area contributed by atoms with E-state index in [1.54, 1.807) is 10.6 Å². The normalized spacial score (nSPS) is 11.1. The molecule has 0 aliphatic heterocycles. The van der Waals surface area contributed by atoms with Gasteiger partial charge in [-0.3, -0.25) is 0 Å². The Morgan fingerprint density at radius 1 is 1.46 bits per heavy atom. The first-order chi connectivity index (χ1) is 6.09. The molecule has 0 atom stereocenters. The molecule has 0 aliphatic rings. The number of aromatic nitrogens is 3. The molecule has 0 saturated heterocycles. The van der Waals surface area contributed by atoms with Crippen LogP contribution in [-0.4, -0.2) is 14.6 Å². The predicted octanol–water partition coefficient (Wildman–Crippen LogP) is 3.11. The number of halogens is 3. The third kappa shape index (κ3) is 1.43. The highest BCUT2D eigenvalue weighted by molar-refractivity contribution is 9.10. The highest BCUT2D eigenvalue weighted by Gasteiger charge is 2.10. The highest BCUT2D eigenvalue weighted by Crippen LogP contribution is 2.24. The maximum absolute atomic E-state index is 5.92. The molecule has 6 heteroatoms. The standard InChI is InChI=1S/C7H4BrCl2N3/c1-3-6(8)13-7(11-3)4(9)2-5(10)12-13/h2H,1H3. The zero-order valence-corrected chi connectivity index (χ0v) is 9.65. The van der Waals surface area contributed by atoms with Gasteiger partial charge in [0.25, 0.3) is 0 Å². The number of hydrogen-bond donors (Lipinski definition) is 0. The first-order valence-corrected chi connectivity index (χ1v) is 5.01. The van der Waals surface area contributed by atoms with Crippen molar-refractivity contribution in [2.45, 2.75) is 6.92 Å². The minimum Gasteiger partial charge on any atom is -0.230 e. The van der Waals surface area contributed by atoms with Crippen molar-refractivity contribution in [1.82, 2.24) is 14.6 Å². The first kappa shape index (κ1) is 9.24. The third-order valence-electron chi connectivity index (χ3n) is 1.61. The minimum absolute atomic E-state index is 0.343. The van der Waals surface area contributed by atoms with Crippen molar-refractivity contribution in [2.75, 3.05) is 0 Å². The molecule has 68 valence electrons. The summed E-state index contributed by atoms with van der Waals surface area (Å²) in [4.78, 5) is 4.22.